The highest BCUT2D eigenvalue weighted by Crippen LogP contribution is 2.49. The Balaban J connectivity index is 2.12. The van der Waals surface area contributed by atoms with Gasteiger partial charge >= 0.3 is 0 Å². The molecule has 0 amide bonds. The Kier molecular flexibility index (Phi) is 3.17. The number of nitriles is 2. The van der Waals surface area contributed by atoms with Gasteiger partial charge in [-0.05, 0) is 30.6 Å². The van der Waals surface area contributed by atoms with Crippen molar-refractivity contribution in [3.8, 4) is 12.1 Å². The summed E-state index contributed by atoms with van der Waals surface area (Å²) in [7, 11) is 0. The Morgan fingerprint density at radius 1 is 1.38 bits per heavy atom. The van der Waals surface area contributed by atoms with Gasteiger partial charge in [-0.2, -0.15) is 10.5 Å². The van der Waals surface area contributed by atoms with Gasteiger partial charge in [0, 0.05) is 0 Å². The molecule has 2 aliphatic rings. The van der Waals surface area contributed by atoms with Gasteiger partial charge in [0.2, 0.25) is 0 Å². The fraction of sp³-hybridized carbons (Fsp3) is 0.846. The molecule has 1 aliphatic carbocycles. The molecule has 2 fully saturated rings. The number of rotatable bonds is 3. The number of hydrogen-bond donors (Lipinski definition) is 0. The lowest BCUT2D eigenvalue weighted by Crippen LogP contribution is -2.36. The first-order chi connectivity index (χ1) is 7.69. The molecule has 1 saturated heterocycles. The lowest BCUT2D eigenvalue weighted by atomic mass is 9.61. The molecule has 0 aromatic rings. The average Bonchev–Trinajstić information content (AvgIpc) is 3.06. The second-order valence-corrected chi connectivity index (χ2v) is 5.40. The van der Waals surface area contributed by atoms with Gasteiger partial charge < -0.3 is 4.74 Å². The van der Waals surface area contributed by atoms with Crippen LogP contribution in [0.1, 0.15) is 39.0 Å². The molecule has 0 bridgehead atoms. The molecule has 0 aromatic carbocycles. The van der Waals surface area contributed by atoms with Gasteiger partial charge in [0.1, 0.15) is 5.92 Å². The van der Waals surface area contributed by atoms with Crippen LogP contribution in [0.3, 0.4) is 0 Å². The predicted molar refractivity (Wildman–Crippen MR) is 59.1 cm³/mol. The van der Waals surface area contributed by atoms with E-state index in [9.17, 15) is 0 Å². The summed E-state index contributed by atoms with van der Waals surface area (Å²) in [6, 6.07) is 4.34. The zero-order valence-electron chi connectivity index (χ0n) is 9.78. The lowest BCUT2D eigenvalue weighted by molar-refractivity contribution is 0.0781. The smallest absolute Gasteiger partial charge is 0.136 e. The van der Waals surface area contributed by atoms with E-state index in [4.69, 9.17) is 15.3 Å². The van der Waals surface area contributed by atoms with Crippen molar-refractivity contribution in [1.82, 2.24) is 0 Å². The number of hydrogen-bond acceptors (Lipinski definition) is 3. The summed E-state index contributed by atoms with van der Waals surface area (Å²) in [4.78, 5) is 0. The summed E-state index contributed by atoms with van der Waals surface area (Å²) in [5.74, 6) is -0.204. The van der Waals surface area contributed by atoms with Crippen LogP contribution >= 0.6 is 0 Å². The molecule has 0 radical (unpaired) electrons. The molecule has 0 aromatic heterocycles. The molecule has 86 valence electrons. The number of ether oxygens (including phenoxy) is 1. The van der Waals surface area contributed by atoms with Gasteiger partial charge in [-0.15, -0.1) is 0 Å². The molecule has 16 heavy (non-hydrogen) atoms. The summed E-state index contributed by atoms with van der Waals surface area (Å²) in [5, 5.41) is 18.1. The maximum Gasteiger partial charge on any atom is 0.136 e. The van der Waals surface area contributed by atoms with Crippen LogP contribution in [0.2, 0.25) is 0 Å². The minimum absolute atomic E-state index is 0.134. The zero-order chi connectivity index (χ0) is 11.6. The van der Waals surface area contributed by atoms with E-state index in [1.54, 1.807) is 0 Å². The van der Waals surface area contributed by atoms with E-state index in [0.29, 0.717) is 6.10 Å². The van der Waals surface area contributed by atoms with Crippen molar-refractivity contribution in [2.75, 3.05) is 6.61 Å². The van der Waals surface area contributed by atoms with Crippen molar-refractivity contribution in [3.05, 3.63) is 0 Å². The van der Waals surface area contributed by atoms with Crippen molar-refractivity contribution < 1.29 is 4.74 Å². The molecule has 1 heterocycles. The SMILES string of the molecule is C[C@]1(C[C@@H]2CO2)CCCC[C@H]1C(C#N)C#N. The monoisotopic (exact) mass is 218 g/mol. The Morgan fingerprint density at radius 2 is 2.06 bits per heavy atom. The first-order valence-electron chi connectivity index (χ1n) is 6.10. The summed E-state index contributed by atoms with van der Waals surface area (Å²) in [5.41, 5.74) is 0.134. The van der Waals surface area contributed by atoms with E-state index in [0.717, 1.165) is 32.3 Å². The van der Waals surface area contributed by atoms with Gasteiger partial charge in [0.05, 0.1) is 24.8 Å². The van der Waals surface area contributed by atoms with Crippen molar-refractivity contribution in [2.24, 2.45) is 17.3 Å². The molecular weight excluding hydrogens is 200 g/mol. The third-order valence-electron chi connectivity index (χ3n) is 4.19. The Bertz CT molecular complexity index is 323. The van der Waals surface area contributed by atoms with Crippen LogP contribution < -0.4 is 0 Å². The van der Waals surface area contributed by atoms with Crippen molar-refractivity contribution >= 4 is 0 Å². The van der Waals surface area contributed by atoms with Crippen LogP contribution in [-0.2, 0) is 4.74 Å². The van der Waals surface area contributed by atoms with Gasteiger partial charge in [-0.1, -0.05) is 19.8 Å². The molecule has 1 saturated carbocycles. The number of nitrogens with zero attached hydrogens (tertiary/aromatic N) is 2. The zero-order valence-corrected chi connectivity index (χ0v) is 9.78. The quantitative estimate of drug-likeness (QED) is 0.684. The molecule has 3 atom stereocenters. The first kappa shape index (κ1) is 11.4. The Hall–Kier alpha value is -1.06. The fourth-order valence-electron chi connectivity index (χ4n) is 3.16. The van der Waals surface area contributed by atoms with Crippen molar-refractivity contribution in [3.63, 3.8) is 0 Å². The maximum absolute atomic E-state index is 9.06. The maximum atomic E-state index is 9.06. The van der Waals surface area contributed by atoms with Crippen LogP contribution in [0.4, 0.5) is 0 Å². The predicted octanol–water partition coefficient (Wildman–Crippen LogP) is 2.64. The van der Waals surface area contributed by atoms with Crippen molar-refractivity contribution in [2.45, 2.75) is 45.1 Å². The highest BCUT2D eigenvalue weighted by atomic mass is 16.6. The summed E-state index contributed by atoms with van der Waals surface area (Å²) >= 11 is 0. The van der Waals surface area contributed by atoms with E-state index in [1.807, 2.05) is 0 Å². The molecule has 0 unspecified atom stereocenters. The van der Waals surface area contributed by atoms with Crippen molar-refractivity contribution in [1.29, 1.82) is 10.5 Å². The highest BCUT2D eigenvalue weighted by Gasteiger charge is 2.44. The number of epoxide rings is 1. The Labute approximate surface area is 97.0 Å². The van der Waals surface area contributed by atoms with Crippen LogP contribution in [0, 0.1) is 39.9 Å². The van der Waals surface area contributed by atoms with Gasteiger partial charge in [0.25, 0.3) is 0 Å². The first-order valence-corrected chi connectivity index (χ1v) is 6.10. The van der Waals surface area contributed by atoms with E-state index in [1.165, 1.54) is 6.42 Å². The van der Waals surface area contributed by atoms with Gasteiger partial charge in [-0.3, -0.25) is 0 Å². The van der Waals surface area contributed by atoms with E-state index < -0.39 is 5.92 Å². The topological polar surface area (TPSA) is 60.1 Å². The normalized spacial score (nSPS) is 37.8. The second kappa shape index (κ2) is 4.44. The molecule has 3 heteroatoms. The van der Waals surface area contributed by atoms with Gasteiger partial charge in [0.15, 0.2) is 0 Å². The van der Waals surface area contributed by atoms with E-state index in [2.05, 4.69) is 19.1 Å². The lowest BCUT2D eigenvalue weighted by Gasteiger charge is -2.42. The Morgan fingerprint density at radius 3 is 2.62 bits per heavy atom. The minimum atomic E-state index is -0.441. The average molecular weight is 218 g/mol. The molecular formula is C13H18N2O. The summed E-state index contributed by atoms with van der Waals surface area (Å²) in [6.07, 6.45) is 5.96. The van der Waals surface area contributed by atoms with Crippen LogP contribution in [0.5, 0.6) is 0 Å². The van der Waals surface area contributed by atoms with Gasteiger partial charge in [-0.25, -0.2) is 0 Å². The van der Waals surface area contributed by atoms with E-state index >= 15 is 0 Å². The molecule has 0 N–H and O–H groups in total. The molecule has 2 rings (SSSR count). The van der Waals surface area contributed by atoms with E-state index in [-0.39, 0.29) is 11.3 Å². The van der Waals surface area contributed by atoms with Crippen LogP contribution in [-0.4, -0.2) is 12.7 Å². The second-order valence-electron chi connectivity index (χ2n) is 5.40. The largest absolute Gasteiger partial charge is 0.373 e. The fourth-order valence-corrected chi connectivity index (χ4v) is 3.16. The summed E-state index contributed by atoms with van der Waals surface area (Å²) in [6.45, 7) is 3.10. The van der Waals surface area contributed by atoms with Crippen LogP contribution in [0.15, 0.2) is 0 Å². The standard InChI is InChI=1S/C13H18N2O/c1-13(6-11-9-16-11)5-3-2-4-12(13)10(7-14)8-15/h10-12H,2-6,9H2,1H3/t11-,12+,13-/m1/s1. The molecule has 1 aliphatic heterocycles. The molecule has 3 nitrogen and oxygen atoms in total. The highest BCUT2D eigenvalue weighted by molar-refractivity contribution is 5.08. The summed E-state index contributed by atoms with van der Waals surface area (Å²) < 4.78 is 5.31. The van der Waals surface area contributed by atoms with Crippen LogP contribution in [0.25, 0.3) is 0 Å². The molecule has 0 spiro atoms. The minimum Gasteiger partial charge on any atom is -0.373 e. The third kappa shape index (κ3) is 2.20. The third-order valence-corrected chi connectivity index (χ3v) is 4.19.